The molecule has 9 heteroatoms. The number of unbranched alkanes of at least 4 members (excludes halogenated alkanes) is 8. The van der Waals surface area contributed by atoms with Gasteiger partial charge in [0.05, 0.1) is 32.7 Å². The Labute approximate surface area is 278 Å². The zero-order valence-electron chi connectivity index (χ0n) is 29.3. The molecule has 1 fully saturated rings. The number of aliphatic imine (C=N–C) groups is 1. The zero-order valence-corrected chi connectivity index (χ0v) is 30.3. The molecule has 1 aromatic carbocycles. The van der Waals surface area contributed by atoms with E-state index in [9.17, 15) is 14.4 Å². The van der Waals surface area contributed by atoms with E-state index in [0.717, 1.165) is 55.2 Å². The highest BCUT2D eigenvalue weighted by atomic mass is 28.3. The minimum absolute atomic E-state index is 0.0783. The van der Waals surface area contributed by atoms with E-state index in [-0.39, 0.29) is 29.6 Å². The summed E-state index contributed by atoms with van der Waals surface area (Å²) in [6.07, 6.45) is 14.1. The summed E-state index contributed by atoms with van der Waals surface area (Å²) in [6, 6.07) is 8.97. The molecule has 0 saturated heterocycles. The van der Waals surface area contributed by atoms with Gasteiger partial charge in [-0.2, -0.15) is 0 Å². The molecule has 0 bridgehead atoms. The number of carbonyl (C=O) groups is 3. The Morgan fingerprint density at radius 3 is 2.17 bits per heavy atom. The fourth-order valence-electron chi connectivity index (χ4n) is 7.22. The van der Waals surface area contributed by atoms with Crippen molar-refractivity contribution in [3.05, 3.63) is 47.0 Å². The van der Waals surface area contributed by atoms with E-state index in [0.29, 0.717) is 25.3 Å². The van der Waals surface area contributed by atoms with E-state index in [2.05, 4.69) is 37.2 Å². The lowest BCUT2D eigenvalue weighted by Crippen LogP contribution is -2.55. The summed E-state index contributed by atoms with van der Waals surface area (Å²) in [6.45, 7) is 14.0. The van der Waals surface area contributed by atoms with Crippen LogP contribution in [0.4, 0.5) is 4.79 Å². The lowest BCUT2D eigenvalue weighted by atomic mass is 9.83. The first-order chi connectivity index (χ1) is 21.9. The minimum atomic E-state index is -1.73. The number of benzene rings is 1. The van der Waals surface area contributed by atoms with Crippen LogP contribution >= 0.6 is 0 Å². The van der Waals surface area contributed by atoms with E-state index >= 15 is 0 Å². The molecule has 4 rings (SSSR count). The first-order valence-corrected chi connectivity index (χ1v) is 21.3. The molecule has 1 aliphatic carbocycles. The smallest absolute Gasteiger partial charge is 0.319 e. The largest absolute Gasteiger partial charge is 0.463 e. The van der Waals surface area contributed by atoms with Crippen LogP contribution in [0.25, 0.3) is 0 Å². The topological polar surface area (TPSA) is 100 Å². The summed E-state index contributed by atoms with van der Waals surface area (Å²) in [4.78, 5) is 46.7. The summed E-state index contributed by atoms with van der Waals surface area (Å²) in [5.41, 5.74) is 2.33. The van der Waals surface area contributed by atoms with Crippen LogP contribution in [0, 0.1) is 0 Å². The van der Waals surface area contributed by atoms with Crippen molar-refractivity contribution >= 4 is 31.8 Å². The molecule has 1 atom stereocenters. The third-order valence-electron chi connectivity index (χ3n) is 10.7. The van der Waals surface area contributed by atoms with Gasteiger partial charge in [0.15, 0.2) is 0 Å². The number of urea groups is 1. The third-order valence-corrected chi connectivity index (χ3v) is 14.3. The number of carbonyl (C=O) groups excluding carboxylic acids is 3. The molecule has 0 radical (unpaired) electrons. The highest BCUT2D eigenvalue weighted by Gasteiger charge is 2.54. The molecule has 46 heavy (non-hydrogen) atoms. The molecule has 2 aliphatic heterocycles. The molecule has 2 heterocycles. The van der Waals surface area contributed by atoms with Crippen LogP contribution in [0.5, 0.6) is 0 Å². The van der Waals surface area contributed by atoms with Crippen molar-refractivity contribution in [2.45, 2.75) is 141 Å². The fraction of sp³-hybridized carbons (Fsp3) is 0.676. The molecule has 8 nitrogen and oxygen atoms in total. The van der Waals surface area contributed by atoms with Crippen LogP contribution in [0.15, 0.2) is 46.5 Å². The second-order valence-electron chi connectivity index (χ2n) is 15.1. The van der Waals surface area contributed by atoms with Crippen molar-refractivity contribution in [3.63, 3.8) is 0 Å². The summed E-state index contributed by atoms with van der Waals surface area (Å²) >= 11 is 0. The number of ether oxygens (including phenoxy) is 1. The molecular formula is C37H58N4O4Si. The second kappa shape index (κ2) is 15.8. The minimum Gasteiger partial charge on any atom is -0.463 e. The van der Waals surface area contributed by atoms with Crippen LogP contribution in [0.1, 0.15) is 116 Å². The number of amidine groups is 1. The monoisotopic (exact) mass is 650 g/mol. The number of esters is 1. The lowest BCUT2D eigenvalue weighted by molar-refractivity contribution is -0.144. The van der Waals surface area contributed by atoms with Gasteiger partial charge in [0.25, 0.3) is 0 Å². The summed E-state index contributed by atoms with van der Waals surface area (Å²) in [7, 11) is -1.73. The number of rotatable bonds is 16. The number of nitrogens with one attached hydrogen (secondary N) is 2. The Kier molecular flexibility index (Phi) is 12.3. The predicted octanol–water partition coefficient (Wildman–Crippen LogP) is 8.08. The number of hydrogen-bond acceptors (Lipinski definition) is 5. The highest BCUT2D eigenvalue weighted by Crippen LogP contribution is 2.55. The number of nitrogens with zero attached hydrogens (tertiary/aromatic N) is 2. The van der Waals surface area contributed by atoms with Gasteiger partial charge in [-0.15, -0.1) is 0 Å². The SMILES string of the molecule is CCCCCCCCCCCC(=O)OC[C@@H](NC(=O)N1CC2=C(CN=C2NC(=O)C2([Si](C)(C)C)CCC2)C1(C)C)c1ccccc1. The van der Waals surface area contributed by atoms with E-state index < -0.39 is 19.7 Å². The average Bonchev–Trinajstić information content (AvgIpc) is 3.50. The molecule has 3 amide bonds. The third kappa shape index (κ3) is 8.31. The average molecular weight is 651 g/mol. The van der Waals surface area contributed by atoms with Crippen LogP contribution in [0.2, 0.25) is 24.7 Å². The van der Waals surface area contributed by atoms with Crippen molar-refractivity contribution in [1.82, 2.24) is 15.5 Å². The summed E-state index contributed by atoms with van der Waals surface area (Å²) in [5.74, 6) is 0.497. The van der Waals surface area contributed by atoms with Crippen LogP contribution in [-0.4, -0.2) is 62.0 Å². The quantitative estimate of drug-likeness (QED) is 0.107. The van der Waals surface area contributed by atoms with E-state index in [1.807, 2.05) is 49.1 Å². The molecule has 0 unspecified atom stereocenters. The van der Waals surface area contributed by atoms with Gasteiger partial charge in [0, 0.05) is 17.0 Å². The maximum Gasteiger partial charge on any atom is 0.319 e. The maximum atomic E-state index is 13.9. The first kappa shape index (κ1) is 35.9. The molecule has 2 N–H and O–H groups in total. The van der Waals surface area contributed by atoms with Gasteiger partial charge in [0.1, 0.15) is 12.4 Å². The van der Waals surface area contributed by atoms with Gasteiger partial charge >= 0.3 is 12.0 Å². The van der Waals surface area contributed by atoms with Crippen molar-refractivity contribution < 1.29 is 19.1 Å². The fourth-order valence-corrected chi connectivity index (χ4v) is 9.82. The van der Waals surface area contributed by atoms with Crippen molar-refractivity contribution in [3.8, 4) is 0 Å². The molecule has 1 saturated carbocycles. The lowest BCUT2D eigenvalue weighted by Gasteiger charge is -2.49. The van der Waals surface area contributed by atoms with Gasteiger partial charge in [-0.3, -0.25) is 14.6 Å². The van der Waals surface area contributed by atoms with E-state index in [1.165, 1.54) is 38.5 Å². The molecule has 0 aromatic heterocycles. The standard InChI is InChI=1S/C37H58N4O4Si/c1-7-8-9-10-11-12-13-14-18-22-32(42)45-27-31(28-20-16-15-17-21-28)39-35(44)41-26-29-30(36(41,2)3)25-38-33(29)40-34(43)37(23-19-24-37)46(4,5)6/h15-17,20-21,31H,7-14,18-19,22-27H2,1-6H3,(H,39,44)(H,38,40,43)/t31-/m1/s1. The van der Waals surface area contributed by atoms with Crippen LogP contribution in [0.3, 0.4) is 0 Å². The number of amides is 3. The molecule has 254 valence electrons. The van der Waals surface area contributed by atoms with Gasteiger partial charge in [-0.1, -0.05) is 115 Å². The zero-order chi connectivity index (χ0) is 33.4. The maximum absolute atomic E-state index is 13.9. The molecule has 3 aliphatic rings. The van der Waals surface area contributed by atoms with Crippen molar-refractivity contribution in [1.29, 1.82) is 0 Å². The predicted molar refractivity (Wildman–Crippen MR) is 189 cm³/mol. The Balaban J connectivity index is 1.31. The van der Waals surface area contributed by atoms with Gasteiger partial charge in [-0.25, -0.2) is 4.79 Å². The Morgan fingerprint density at radius 1 is 0.957 bits per heavy atom. The Morgan fingerprint density at radius 2 is 1.59 bits per heavy atom. The van der Waals surface area contributed by atoms with Gasteiger partial charge < -0.3 is 20.3 Å². The second-order valence-corrected chi connectivity index (χ2v) is 20.5. The first-order valence-electron chi connectivity index (χ1n) is 17.8. The van der Waals surface area contributed by atoms with E-state index in [4.69, 9.17) is 9.73 Å². The highest BCUT2D eigenvalue weighted by molar-refractivity contribution is 6.82. The van der Waals surface area contributed by atoms with Gasteiger partial charge in [0.2, 0.25) is 5.91 Å². The van der Waals surface area contributed by atoms with Crippen molar-refractivity contribution in [2.75, 3.05) is 19.7 Å². The normalized spacial score (nSPS) is 18.8. The molecule has 0 spiro atoms. The summed E-state index contributed by atoms with van der Waals surface area (Å²) in [5, 5.41) is 6.11. The number of hydrogen-bond donors (Lipinski definition) is 2. The van der Waals surface area contributed by atoms with Crippen LogP contribution in [-0.2, 0) is 14.3 Å². The van der Waals surface area contributed by atoms with Gasteiger partial charge in [-0.05, 0) is 44.2 Å². The Bertz CT molecular complexity index is 1280. The van der Waals surface area contributed by atoms with Crippen LogP contribution < -0.4 is 10.6 Å². The van der Waals surface area contributed by atoms with E-state index in [1.54, 1.807) is 0 Å². The van der Waals surface area contributed by atoms with Crippen molar-refractivity contribution in [2.24, 2.45) is 4.99 Å². The Hall–Kier alpha value is -2.94. The molecular weight excluding hydrogens is 593 g/mol. The molecule has 1 aromatic rings. The summed E-state index contributed by atoms with van der Waals surface area (Å²) < 4.78 is 5.71.